The van der Waals surface area contributed by atoms with Crippen molar-refractivity contribution < 1.29 is 21.9 Å². The van der Waals surface area contributed by atoms with Gasteiger partial charge in [0.15, 0.2) is 11.6 Å². The molecule has 208 valence electrons. The lowest BCUT2D eigenvalue weighted by atomic mass is 10.1. The summed E-state index contributed by atoms with van der Waals surface area (Å²) in [6, 6.07) is 15.9. The number of likely N-dealkylation sites (tertiary alicyclic amines) is 1. The van der Waals surface area contributed by atoms with Gasteiger partial charge in [0.1, 0.15) is 0 Å². The highest BCUT2D eigenvalue weighted by Crippen LogP contribution is 2.34. The van der Waals surface area contributed by atoms with Gasteiger partial charge in [-0.3, -0.25) is 4.72 Å². The summed E-state index contributed by atoms with van der Waals surface area (Å²) in [4.78, 5) is 15.3. The predicted octanol–water partition coefficient (Wildman–Crippen LogP) is 5.06. The van der Waals surface area contributed by atoms with Crippen LogP contribution in [0.5, 0.6) is 11.6 Å². The van der Waals surface area contributed by atoms with Crippen LogP contribution in [0.4, 0.5) is 20.4 Å². The molecule has 0 radical (unpaired) electrons. The van der Waals surface area contributed by atoms with Gasteiger partial charge in [-0.25, -0.2) is 27.8 Å². The average Bonchev–Trinajstić information content (AvgIpc) is 2.93. The molecule has 0 saturated carbocycles. The van der Waals surface area contributed by atoms with Crippen LogP contribution >= 0.6 is 0 Å². The number of halogens is 2. The maximum atomic E-state index is 15.0. The Morgan fingerprint density at radius 3 is 2.62 bits per heavy atom. The second kappa shape index (κ2) is 11.9. The maximum absolute atomic E-state index is 15.0. The molecular weight excluding hydrogens is 538 g/mol. The van der Waals surface area contributed by atoms with Gasteiger partial charge in [-0.1, -0.05) is 30.3 Å². The van der Waals surface area contributed by atoms with Crippen LogP contribution < -0.4 is 14.8 Å². The summed E-state index contributed by atoms with van der Waals surface area (Å²) in [6.07, 6.45) is 5.13. The van der Waals surface area contributed by atoms with Crippen LogP contribution in [0.1, 0.15) is 18.4 Å². The van der Waals surface area contributed by atoms with Crippen molar-refractivity contribution in [1.82, 2.24) is 19.9 Å². The molecule has 1 aliphatic rings. The fourth-order valence-electron chi connectivity index (χ4n) is 4.50. The van der Waals surface area contributed by atoms with E-state index in [-0.39, 0.29) is 11.9 Å². The number of ether oxygens (including phenoxy) is 1. The van der Waals surface area contributed by atoms with E-state index in [0.717, 1.165) is 38.1 Å². The summed E-state index contributed by atoms with van der Waals surface area (Å²) in [5, 5.41) is 3.36. The zero-order valence-electron chi connectivity index (χ0n) is 21.7. The molecule has 3 heterocycles. The van der Waals surface area contributed by atoms with Crippen molar-refractivity contribution in [3.8, 4) is 22.9 Å². The molecule has 0 amide bonds. The van der Waals surface area contributed by atoms with Crippen molar-refractivity contribution in [3.05, 3.63) is 90.3 Å². The van der Waals surface area contributed by atoms with E-state index in [1.165, 1.54) is 6.20 Å². The lowest BCUT2D eigenvalue weighted by Gasteiger charge is -2.30. The van der Waals surface area contributed by atoms with E-state index in [1.54, 1.807) is 54.7 Å². The van der Waals surface area contributed by atoms with Crippen LogP contribution in [0.25, 0.3) is 11.3 Å². The van der Waals surface area contributed by atoms with Gasteiger partial charge in [0.2, 0.25) is 27.7 Å². The highest BCUT2D eigenvalue weighted by atomic mass is 32.2. The summed E-state index contributed by atoms with van der Waals surface area (Å²) >= 11 is 0. The zero-order valence-corrected chi connectivity index (χ0v) is 22.5. The van der Waals surface area contributed by atoms with Gasteiger partial charge in [0, 0.05) is 25.0 Å². The molecule has 2 aromatic carbocycles. The number of aromatic nitrogens is 3. The lowest BCUT2D eigenvalue weighted by Crippen LogP contribution is -2.40. The third kappa shape index (κ3) is 6.69. The molecule has 5 rings (SSSR count). The predicted molar refractivity (Wildman–Crippen MR) is 149 cm³/mol. The highest BCUT2D eigenvalue weighted by molar-refractivity contribution is 7.91. The largest absolute Gasteiger partial charge is 0.435 e. The summed E-state index contributed by atoms with van der Waals surface area (Å²) < 4.78 is 62.8. The quantitative estimate of drug-likeness (QED) is 0.290. The second-order valence-corrected chi connectivity index (χ2v) is 11.3. The lowest BCUT2D eigenvalue weighted by molar-refractivity contribution is 0.260. The van der Waals surface area contributed by atoms with Crippen molar-refractivity contribution in [2.75, 3.05) is 30.2 Å². The Balaban J connectivity index is 1.34. The molecule has 0 spiro atoms. The molecule has 4 aromatic rings. The molecule has 0 unspecified atom stereocenters. The van der Waals surface area contributed by atoms with E-state index in [2.05, 4.69) is 36.9 Å². The fraction of sp³-hybridized carbons (Fsp3) is 0.250. The van der Waals surface area contributed by atoms with E-state index < -0.39 is 38.8 Å². The Morgan fingerprint density at radius 1 is 1.00 bits per heavy atom. The van der Waals surface area contributed by atoms with Gasteiger partial charge in [0.25, 0.3) is 0 Å². The van der Waals surface area contributed by atoms with Gasteiger partial charge in [-0.15, -0.1) is 0 Å². The molecule has 9 nitrogen and oxygen atoms in total. The fourth-order valence-corrected chi connectivity index (χ4v) is 5.70. The highest BCUT2D eigenvalue weighted by Gasteiger charge is 2.22. The molecule has 12 heteroatoms. The Labute approximate surface area is 231 Å². The monoisotopic (exact) mass is 566 g/mol. The molecule has 1 aliphatic heterocycles. The summed E-state index contributed by atoms with van der Waals surface area (Å²) in [7, 11) is -1.92. The topological polar surface area (TPSA) is 109 Å². The number of pyridine rings is 1. The van der Waals surface area contributed by atoms with Crippen molar-refractivity contribution in [3.63, 3.8) is 0 Å². The Bertz CT molecular complexity index is 1590. The number of anilines is 2. The van der Waals surface area contributed by atoms with E-state index in [1.807, 2.05) is 0 Å². The van der Waals surface area contributed by atoms with E-state index >= 15 is 4.39 Å². The normalized spacial score (nSPS) is 15.9. The molecule has 1 atom stereocenters. The van der Waals surface area contributed by atoms with E-state index in [0.29, 0.717) is 22.8 Å². The van der Waals surface area contributed by atoms with Crippen molar-refractivity contribution in [1.29, 1.82) is 0 Å². The first-order chi connectivity index (χ1) is 19.3. The summed E-state index contributed by atoms with van der Waals surface area (Å²) in [5.74, 6) is -3.16. The van der Waals surface area contributed by atoms with Gasteiger partial charge >= 0.3 is 0 Å². The number of likely N-dealkylation sites (N-methyl/N-ethyl adjacent to an activating group) is 1. The van der Waals surface area contributed by atoms with Crippen LogP contribution in [0.3, 0.4) is 0 Å². The number of benzene rings is 2. The van der Waals surface area contributed by atoms with Gasteiger partial charge in [-0.05, 0) is 62.3 Å². The zero-order chi connectivity index (χ0) is 28.1. The first kappa shape index (κ1) is 27.4. The molecule has 2 N–H and O–H groups in total. The van der Waals surface area contributed by atoms with Crippen LogP contribution in [0.2, 0.25) is 0 Å². The Morgan fingerprint density at radius 2 is 1.82 bits per heavy atom. The van der Waals surface area contributed by atoms with Crippen molar-refractivity contribution in [2.24, 2.45) is 0 Å². The molecule has 40 heavy (non-hydrogen) atoms. The Hall–Kier alpha value is -4.16. The standard InChI is InChI=1S/C28H28F2N6O3S/c1-36-16-6-9-20(17-36)33-28-32-15-13-22(34-28)21-10-5-14-31-27(21)39-24-12-11-23(25(29)26(24)30)35-40(37,38)18-19-7-3-2-4-8-19/h2-5,7-8,10-15,20,35H,6,9,16-18H2,1H3,(H,32,33,34)/t20-/m0/s1. The third-order valence-corrected chi connectivity index (χ3v) is 7.62. The van der Waals surface area contributed by atoms with Crippen LogP contribution in [0, 0.1) is 11.6 Å². The van der Waals surface area contributed by atoms with Crippen LogP contribution in [-0.4, -0.2) is 54.4 Å². The SMILES string of the molecule is CN1CCC[C@H](Nc2nccc(-c3cccnc3Oc3ccc(NS(=O)(=O)Cc4ccccc4)c(F)c3F)n2)C1. The number of nitrogens with zero attached hydrogens (tertiary/aromatic N) is 4. The summed E-state index contributed by atoms with van der Waals surface area (Å²) in [5.41, 5.74) is 0.909. The van der Waals surface area contributed by atoms with E-state index in [4.69, 9.17) is 4.74 Å². The number of nitrogens with one attached hydrogen (secondary N) is 2. The minimum absolute atomic E-state index is 0.000239. The molecule has 0 bridgehead atoms. The molecule has 2 aromatic heterocycles. The molecule has 1 fully saturated rings. The van der Waals surface area contributed by atoms with Crippen molar-refractivity contribution >= 4 is 21.7 Å². The Kier molecular flexibility index (Phi) is 8.17. The summed E-state index contributed by atoms with van der Waals surface area (Å²) in [6.45, 7) is 1.92. The van der Waals surface area contributed by atoms with Crippen molar-refractivity contribution in [2.45, 2.75) is 24.6 Å². The van der Waals surface area contributed by atoms with Gasteiger partial charge in [-0.2, -0.15) is 4.39 Å². The molecule has 0 aliphatic carbocycles. The minimum Gasteiger partial charge on any atom is -0.435 e. The number of hydrogen-bond donors (Lipinski definition) is 2. The maximum Gasteiger partial charge on any atom is 0.237 e. The first-order valence-electron chi connectivity index (χ1n) is 12.7. The number of rotatable bonds is 9. The van der Waals surface area contributed by atoms with E-state index in [9.17, 15) is 12.8 Å². The minimum atomic E-state index is -3.99. The number of hydrogen-bond acceptors (Lipinski definition) is 8. The van der Waals surface area contributed by atoms with Crippen LogP contribution in [0.15, 0.2) is 73.1 Å². The first-order valence-corrected chi connectivity index (χ1v) is 14.4. The third-order valence-electron chi connectivity index (χ3n) is 6.38. The van der Waals surface area contributed by atoms with Gasteiger partial charge in [0.05, 0.1) is 22.7 Å². The number of piperidine rings is 1. The smallest absolute Gasteiger partial charge is 0.237 e. The molecule has 1 saturated heterocycles. The van der Waals surface area contributed by atoms with Gasteiger partial charge < -0.3 is 15.0 Å². The average molecular weight is 567 g/mol. The molecular formula is C28H28F2N6O3S. The second-order valence-electron chi connectivity index (χ2n) is 9.56. The number of sulfonamides is 1. The van der Waals surface area contributed by atoms with Crippen LogP contribution in [-0.2, 0) is 15.8 Å².